The van der Waals surface area contributed by atoms with Crippen LogP contribution < -0.4 is 5.73 Å². The molecule has 0 aliphatic carbocycles. The average Bonchev–Trinajstić information content (AvgIpc) is 3.00. The first-order valence-electron chi connectivity index (χ1n) is 9.93. The molecule has 0 bridgehead atoms. The number of carbonyl (C=O) groups is 1. The SMILES string of the molecule is Nc1ccc(CN2CC3(CCN(Cc4ccc(C(F)(F)F)cc4)CC3)OC2=O)cc1. The van der Waals surface area contributed by atoms with Gasteiger partial charge >= 0.3 is 12.3 Å². The van der Waals surface area contributed by atoms with Gasteiger partial charge in [0.05, 0.1) is 12.1 Å². The van der Waals surface area contributed by atoms with Crippen LogP contribution in [0.3, 0.4) is 0 Å². The molecule has 2 aromatic carbocycles. The lowest BCUT2D eigenvalue weighted by Gasteiger charge is -2.37. The summed E-state index contributed by atoms with van der Waals surface area (Å²) in [6.07, 6.45) is -3.21. The molecule has 4 rings (SSSR count). The number of hydrogen-bond donors (Lipinski definition) is 1. The Balaban J connectivity index is 1.31. The highest BCUT2D eigenvalue weighted by Crippen LogP contribution is 2.35. The minimum atomic E-state index is -4.32. The normalized spacial score (nSPS) is 19.3. The zero-order valence-electron chi connectivity index (χ0n) is 16.5. The van der Waals surface area contributed by atoms with Crippen LogP contribution in [0.5, 0.6) is 0 Å². The van der Waals surface area contributed by atoms with Crippen LogP contribution in [-0.4, -0.2) is 41.1 Å². The van der Waals surface area contributed by atoms with E-state index in [0.29, 0.717) is 38.2 Å². The van der Waals surface area contributed by atoms with Gasteiger partial charge in [0, 0.05) is 44.7 Å². The van der Waals surface area contributed by atoms with E-state index in [0.717, 1.165) is 36.3 Å². The summed E-state index contributed by atoms with van der Waals surface area (Å²) < 4.78 is 43.9. The van der Waals surface area contributed by atoms with Crippen LogP contribution in [0.2, 0.25) is 0 Å². The molecule has 2 saturated heterocycles. The molecule has 2 aliphatic heterocycles. The standard InChI is InChI=1S/C22H24F3N3O2/c23-22(24,25)18-5-1-16(2-6-18)13-27-11-9-21(10-12-27)15-28(20(29)30-21)14-17-3-7-19(26)8-4-17/h1-8H,9-15,26H2. The lowest BCUT2D eigenvalue weighted by atomic mass is 9.91. The molecular formula is C22H24F3N3O2. The van der Waals surface area contributed by atoms with E-state index in [1.807, 2.05) is 24.3 Å². The van der Waals surface area contributed by atoms with Gasteiger partial charge in [0.1, 0.15) is 5.60 Å². The van der Waals surface area contributed by atoms with Gasteiger partial charge in [0.15, 0.2) is 0 Å². The number of alkyl halides is 3. The molecule has 160 valence electrons. The first kappa shape index (κ1) is 20.5. The monoisotopic (exact) mass is 419 g/mol. The predicted molar refractivity (Wildman–Crippen MR) is 106 cm³/mol. The average molecular weight is 419 g/mol. The number of nitrogens with zero attached hydrogens (tertiary/aromatic N) is 2. The number of nitrogen functional groups attached to an aromatic ring is 1. The topological polar surface area (TPSA) is 58.8 Å². The Labute approximate surface area is 173 Å². The van der Waals surface area contributed by atoms with Crippen molar-refractivity contribution in [3.05, 3.63) is 65.2 Å². The fourth-order valence-corrected chi connectivity index (χ4v) is 4.09. The van der Waals surface area contributed by atoms with Crippen molar-refractivity contribution in [2.75, 3.05) is 25.4 Å². The maximum Gasteiger partial charge on any atom is 0.416 e. The van der Waals surface area contributed by atoms with Gasteiger partial charge in [-0.15, -0.1) is 0 Å². The molecule has 30 heavy (non-hydrogen) atoms. The van der Waals surface area contributed by atoms with Crippen LogP contribution in [-0.2, 0) is 24.0 Å². The lowest BCUT2D eigenvalue weighted by Crippen LogP contribution is -2.46. The molecule has 5 nitrogen and oxygen atoms in total. The summed E-state index contributed by atoms with van der Waals surface area (Å²) >= 11 is 0. The Bertz CT molecular complexity index is 889. The summed E-state index contributed by atoms with van der Waals surface area (Å²) in [7, 11) is 0. The van der Waals surface area contributed by atoms with E-state index >= 15 is 0 Å². The predicted octanol–water partition coefficient (Wildman–Crippen LogP) is 4.27. The molecule has 0 unspecified atom stereocenters. The van der Waals surface area contributed by atoms with Gasteiger partial charge in [-0.25, -0.2) is 4.79 Å². The van der Waals surface area contributed by atoms with Crippen LogP contribution in [0.15, 0.2) is 48.5 Å². The Morgan fingerprint density at radius 1 is 0.933 bits per heavy atom. The van der Waals surface area contributed by atoms with Crippen molar-refractivity contribution in [2.24, 2.45) is 0 Å². The van der Waals surface area contributed by atoms with Crippen molar-refractivity contribution >= 4 is 11.8 Å². The van der Waals surface area contributed by atoms with Crippen molar-refractivity contribution in [3.8, 4) is 0 Å². The summed E-state index contributed by atoms with van der Waals surface area (Å²) in [5, 5.41) is 0. The molecule has 2 heterocycles. The first-order chi connectivity index (χ1) is 14.2. The van der Waals surface area contributed by atoms with Gasteiger partial charge in [-0.1, -0.05) is 24.3 Å². The van der Waals surface area contributed by atoms with Crippen LogP contribution in [0.1, 0.15) is 29.5 Å². The van der Waals surface area contributed by atoms with E-state index in [1.165, 1.54) is 12.1 Å². The Kier molecular flexibility index (Phi) is 5.36. The molecule has 0 atom stereocenters. The van der Waals surface area contributed by atoms with Gasteiger partial charge in [-0.3, -0.25) is 9.80 Å². The number of rotatable bonds is 4. The number of halogens is 3. The molecule has 2 fully saturated rings. The molecule has 1 spiro atoms. The highest BCUT2D eigenvalue weighted by atomic mass is 19.4. The Morgan fingerprint density at radius 2 is 1.50 bits per heavy atom. The number of amides is 1. The summed E-state index contributed by atoms with van der Waals surface area (Å²) in [6, 6.07) is 12.7. The second kappa shape index (κ2) is 7.83. The smallest absolute Gasteiger partial charge is 0.416 e. The van der Waals surface area contributed by atoms with Crippen molar-refractivity contribution in [3.63, 3.8) is 0 Å². The summed E-state index contributed by atoms with van der Waals surface area (Å²) in [4.78, 5) is 16.3. The number of ether oxygens (including phenoxy) is 1. The summed E-state index contributed by atoms with van der Waals surface area (Å²) in [6.45, 7) is 3.06. The van der Waals surface area contributed by atoms with Crippen LogP contribution in [0.25, 0.3) is 0 Å². The molecule has 0 saturated carbocycles. The summed E-state index contributed by atoms with van der Waals surface area (Å²) in [5.74, 6) is 0. The van der Waals surface area contributed by atoms with Crippen molar-refractivity contribution in [1.82, 2.24) is 9.80 Å². The minimum absolute atomic E-state index is 0.303. The third-order valence-corrected chi connectivity index (χ3v) is 5.85. The molecule has 2 aromatic rings. The largest absolute Gasteiger partial charge is 0.441 e. The van der Waals surface area contributed by atoms with Crippen LogP contribution in [0, 0.1) is 0 Å². The highest BCUT2D eigenvalue weighted by molar-refractivity contribution is 5.70. The Hall–Kier alpha value is -2.74. The number of nitrogens with two attached hydrogens (primary N) is 1. The zero-order valence-corrected chi connectivity index (χ0v) is 16.5. The van der Waals surface area contributed by atoms with E-state index in [9.17, 15) is 18.0 Å². The lowest BCUT2D eigenvalue weighted by molar-refractivity contribution is -0.137. The number of anilines is 1. The third kappa shape index (κ3) is 4.53. The van der Waals surface area contributed by atoms with Gasteiger partial charge in [0.2, 0.25) is 0 Å². The number of hydrogen-bond acceptors (Lipinski definition) is 4. The van der Waals surface area contributed by atoms with Crippen molar-refractivity contribution in [2.45, 2.75) is 37.7 Å². The van der Waals surface area contributed by atoms with E-state index < -0.39 is 17.3 Å². The molecule has 2 aliphatic rings. The number of piperidine rings is 1. The number of benzene rings is 2. The summed E-state index contributed by atoms with van der Waals surface area (Å²) in [5.41, 5.74) is 7.11. The number of likely N-dealkylation sites (tertiary alicyclic amines) is 1. The molecular weight excluding hydrogens is 395 g/mol. The second-order valence-corrected chi connectivity index (χ2v) is 8.12. The third-order valence-electron chi connectivity index (χ3n) is 5.85. The second-order valence-electron chi connectivity index (χ2n) is 8.12. The van der Waals surface area contributed by atoms with E-state index in [2.05, 4.69) is 4.90 Å². The maximum absolute atomic E-state index is 12.7. The molecule has 0 aromatic heterocycles. The van der Waals surface area contributed by atoms with Crippen molar-refractivity contribution < 1.29 is 22.7 Å². The van der Waals surface area contributed by atoms with Crippen molar-refractivity contribution in [1.29, 1.82) is 0 Å². The fourth-order valence-electron chi connectivity index (χ4n) is 4.09. The molecule has 0 radical (unpaired) electrons. The highest BCUT2D eigenvalue weighted by Gasteiger charge is 2.46. The first-order valence-corrected chi connectivity index (χ1v) is 9.93. The van der Waals surface area contributed by atoms with E-state index in [1.54, 1.807) is 4.90 Å². The maximum atomic E-state index is 12.7. The van der Waals surface area contributed by atoms with Gasteiger partial charge in [-0.05, 0) is 35.4 Å². The van der Waals surface area contributed by atoms with Gasteiger partial charge < -0.3 is 10.5 Å². The van der Waals surface area contributed by atoms with Crippen LogP contribution in [0.4, 0.5) is 23.7 Å². The zero-order chi connectivity index (χ0) is 21.4. The van der Waals surface area contributed by atoms with Gasteiger partial charge in [0.25, 0.3) is 0 Å². The molecule has 8 heteroatoms. The molecule has 1 amide bonds. The minimum Gasteiger partial charge on any atom is -0.441 e. The van der Waals surface area contributed by atoms with E-state index in [4.69, 9.17) is 10.5 Å². The van der Waals surface area contributed by atoms with Crippen LogP contribution >= 0.6 is 0 Å². The Morgan fingerprint density at radius 3 is 2.10 bits per heavy atom. The van der Waals surface area contributed by atoms with E-state index in [-0.39, 0.29) is 6.09 Å². The van der Waals surface area contributed by atoms with Gasteiger partial charge in [-0.2, -0.15) is 13.2 Å². The fraction of sp³-hybridized carbons (Fsp3) is 0.409. The quantitative estimate of drug-likeness (QED) is 0.752. The number of carbonyl (C=O) groups excluding carboxylic acids is 1. The molecule has 2 N–H and O–H groups in total.